The molecule has 14 heteroatoms. The number of alkyl halides is 2. The van der Waals surface area contributed by atoms with Crippen molar-refractivity contribution < 1.29 is 32.6 Å². The third-order valence-electron chi connectivity index (χ3n) is 8.16. The molecular weight excluding hydrogens is 564 g/mol. The molecule has 2 aromatic heterocycles. The number of nitrogens with zero attached hydrogens (tertiary/aromatic N) is 6. The number of carbonyl (C=O) groups is 2. The van der Waals surface area contributed by atoms with E-state index in [1.54, 1.807) is 37.3 Å². The number of para-hydroxylation sites is 2. The summed E-state index contributed by atoms with van der Waals surface area (Å²) in [6.45, 7) is 4.69. The molecule has 1 aliphatic carbocycles. The molecule has 230 valence electrons. The molecule has 43 heavy (non-hydrogen) atoms. The Morgan fingerprint density at radius 2 is 1.84 bits per heavy atom. The first-order chi connectivity index (χ1) is 20.9. The predicted molar refractivity (Wildman–Crippen MR) is 152 cm³/mol. The van der Waals surface area contributed by atoms with Crippen molar-refractivity contribution in [2.75, 3.05) is 44.4 Å². The summed E-state index contributed by atoms with van der Waals surface area (Å²) in [5, 5.41) is 2.65. The Hall–Kier alpha value is -4.07. The zero-order valence-electron chi connectivity index (χ0n) is 24.0. The van der Waals surface area contributed by atoms with Crippen LogP contribution < -0.4 is 15.0 Å². The van der Waals surface area contributed by atoms with Crippen LogP contribution >= 0.6 is 0 Å². The van der Waals surface area contributed by atoms with E-state index in [2.05, 4.69) is 20.3 Å². The molecule has 0 bridgehead atoms. The number of amides is 2. The van der Waals surface area contributed by atoms with Crippen molar-refractivity contribution in [2.24, 2.45) is 0 Å². The Kier molecular flexibility index (Phi) is 8.54. The minimum atomic E-state index is -2.81. The van der Waals surface area contributed by atoms with Gasteiger partial charge < -0.3 is 29.3 Å². The lowest BCUT2D eigenvalue weighted by Gasteiger charge is -2.34. The number of likely N-dealkylation sites (tertiary alicyclic amines) is 1. The van der Waals surface area contributed by atoms with Crippen molar-refractivity contribution in [2.45, 2.75) is 63.6 Å². The SMILES string of the molecule is CCOC(=O)N[C@@H]1CCN(C2CCC(Oc3cc(-n4c(C(F)F)nc5ccccc54)nc(N4CCOCC4)n3)CC2)C1=O. The van der Waals surface area contributed by atoms with Gasteiger partial charge in [0.15, 0.2) is 5.82 Å². The Labute approximate surface area is 247 Å². The molecular formula is C29H35F2N7O5. The number of halogens is 2. The average Bonchev–Trinajstić information content (AvgIpc) is 3.59. The number of anilines is 1. The largest absolute Gasteiger partial charge is 0.474 e. The zero-order chi connectivity index (χ0) is 29.9. The molecule has 3 fully saturated rings. The highest BCUT2D eigenvalue weighted by Gasteiger charge is 2.38. The maximum absolute atomic E-state index is 14.2. The van der Waals surface area contributed by atoms with Gasteiger partial charge in [0.1, 0.15) is 18.0 Å². The monoisotopic (exact) mass is 599 g/mol. The van der Waals surface area contributed by atoms with Crippen LogP contribution in [0.1, 0.15) is 51.3 Å². The number of ether oxygens (including phenoxy) is 3. The van der Waals surface area contributed by atoms with Gasteiger partial charge in [0.05, 0.1) is 30.9 Å². The molecule has 1 N–H and O–H groups in total. The van der Waals surface area contributed by atoms with Gasteiger partial charge in [-0.15, -0.1) is 0 Å². The molecule has 2 aliphatic heterocycles. The summed E-state index contributed by atoms with van der Waals surface area (Å²) >= 11 is 0. The molecule has 6 rings (SSSR count). The molecule has 0 spiro atoms. The van der Waals surface area contributed by atoms with Crippen molar-refractivity contribution in [1.82, 2.24) is 29.7 Å². The number of imidazole rings is 1. The van der Waals surface area contributed by atoms with E-state index < -0.39 is 24.4 Å². The van der Waals surface area contributed by atoms with Gasteiger partial charge in [0.25, 0.3) is 6.43 Å². The minimum absolute atomic E-state index is 0.0529. The summed E-state index contributed by atoms with van der Waals surface area (Å²) in [7, 11) is 0. The van der Waals surface area contributed by atoms with Crippen LogP contribution in [0, 0.1) is 0 Å². The fourth-order valence-electron chi connectivity index (χ4n) is 6.07. The van der Waals surface area contributed by atoms with Crippen LogP contribution in [0.15, 0.2) is 30.3 Å². The molecule has 1 atom stereocenters. The van der Waals surface area contributed by atoms with E-state index in [1.165, 1.54) is 4.57 Å². The number of fused-ring (bicyclic) bond motifs is 1. The molecule has 2 saturated heterocycles. The highest BCUT2D eigenvalue weighted by Crippen LogP contribution is 2.32. The van der Waals surface area contributed by atoms with Crippen LogP contribution in [0.3, 0.4) is 0 Å². The van der Waals surface area contributed by atoms with Crippen LogP contribution in [-0.4, -0.2) is 94.1 Å². The number of morpholine rings is 1. The van der Waals surface area contributed by atoms with E-state index in [9.17, 15) is 18.4 Å². The topological polar surface area (TPSA) is 124 Å². The summed E-state index contributed by atoms with van der Waals surface area (Å²) in [6.07, 6.45) is -0.168. The lowest BCUT2D eigenvalue weighted by Crippen LogP contribution is -2.46. The molecule has 1 saturated carbocycles. The van der Waals surface area contributed by atoms with Gasteiger partial charge in [-0.05, 0) is 51.2 Å². The van der Waals surface area contributed by atoms with Crippen molar-refractivity contribution in [3.8, 4) is 11.7 Å². The molecule has 0 radical (unpaired) electrons. The predicted octanol–water partition coefficient (Wildman–Crippen LogP) is 3.63. The second-order valence-electron chi connectivity index (χ2n) is 10.8. The van der Waals surface area contributed by atoms with E-state index in [4.69, 9.17) is 14.2 Å². The number of nitrogens with one attached hydrogen (secondary N) is 1. The van der Waals surface area contributed by atoms with Gasteiger partial charge in [0, 0.05) is 31.7 Å². The third kappa shape index (κ3) is 6.19. The maximum Gasteiger partial charge on any atom is 0.407 e. The zero-order valence-corrected chi connectivity index (χ0v) is 24.0. The third-order valence-corrected chi connectivity index (χ3v) is 8.16. The minimum Gasteiger partial charge on any atom is -0.474 e. The van der Waals surface area contributed by atoms with Gasteiger partial charge >= 0.3 is 6.09 Å². The average molecular weight is 600 g/mol. The van der Waals surface area contributed by atoms with Gasteiger partial charge in [0.2, 0.25) is 17.7 Å². The van der Waals surface area contributed by atoms with E-state index in [0.29, 0.717) is 75.0 Å². The molecule has 4 heterocycles. The Morgan fingerprint density at radius 1 is 1.07 bits per heavy atom. The van der Waals surface area contributed by atoms with Gasteiger partial charge in [-0.3, -0.25) is 9.36 Å². The molecule has 3 aliphatic rings. The highest BCUT2D eigenvalue weighted by atomic mass is 19.3. The first-order valence-electron chi connectivity index (χ1n) is 14.8. The number of benzene rings is 1. The van der Waals surface area contributed by atoms with Gasteiger partial charge in [-0.2, -0.15) is 9.97 Å². The summed E-state index contributed by atoms with van der Waals surface area (Å²) in [4.78, 5) is 42.1. The van der Waals surface area contributed by atoms with Crippen molar-refractivity contribution >= 4 is 29.0 Å². The number of aromatic nitrogens is 4. The van der Waals surface area contributed by atoms with Gasteiger partial charge in [-0.1, -0.05) is 12.1 Å². The summed E-state index contributed by atoms with van der Waals surface area (Å²) < 4.78 is 46.5. The van der Waals surface area contributed by atoms with Crippen molar-refractivity contribution in [3.63, 3.8) is 0 Å². The second-order valence-corrected chi connectivity index (χ2v) is 10.8. The first kappa shape index (κ1) is 29.0. The quantitative estimate of drug-likeness (QED) is 0.413. The lowest BCUT2D eigenvalue weighted by atomic mass is 9.92. The standard InChI is InChI=1S/C29H35F2N7O5/c1-2-42-29(40)33-21-11-12-37(27(21)39)18-7-9-19(10-8-18)43-24-17-23(34-28(35-24)36-13-15-41-16-14-36)38-22-6-4-3-5-20(22)32-26(38)25(30)31/h3-6,17-19,21,25H,2,7-16H2,1H3,(H,33,40)/t18?,19?,21-/m1/s1. The molecule has 1 aromatic carbocycles. The van der Waals surface area contributed by atoms with Crippen molar-refractivity contribution in [1.29, 1.82) is 0 Å². The number of hydrogen-bond donors (Lipinski definition) is 1. The lowest BCUT2D eigenvalue weighted by molar-refractivity contribution is -0.132. The molecule has 2 amide bonds. The fraction of sp³-hybridized carbons (Fsp3) is 0.552. The van der Waals surface area contributed by atoms with Gasteiger partial charge in [-0.25, -0.2) is 18.6 Å². The number of rotatable bonds is 8. The van der Waals surface area contributed by atoms with Crippen molar-refractivity contribution in [3.05, 3.63) is 36.2 Å². The Bertz CT molecular complexity index is 1460. The van der Waals surface area contributed by atoms with E-state index in [0.717, 1.165) is 12.8 Å². The fourth-order valence-corrected chi connectivity index (χ4v) is 6.07. The molecule has 0 unspecified atom stereocenters. The maximum atomic E-state index is 14.2. The van der Waals surface area contributed by atoms with Crippen LogP contribution in [0.4, 0.5) is 19.5 Å². The Balaban J connectivity index is 1.20. The first-order valence-corrected chi connectivity index (χ1v) is 14.8. The second kappa shape index (κ2) is 12.7. The summed E-state index contributed by atoms with van der Waals surface area (Å²) in [5.41, 5.74) is 0.961. The number of carbonyl (C=O) groups excluding carboxylic acids is 2. The summed E-state index contributed by atoms with van der Waals surface area (Å²) in [6, 6.07) is 8.03. The van der Waals surface area contributed by atoms with E-state index in [-0.39, 0.29) is 30.5 Å². The van der Waals surface area contributed by atoms with Crippen LogP contribution in [-0.2, 0) is 14.3 Å². The normalized spacial score (nSPS) is 22.8. The van der Waals surface area contributed by atoms with E-state index in [1.807, 2.05) is 9.80 Å². The number of alkyl carbamates (subject to hydrolysis) is 1. The number of hydrogen-bond acceptors (Lipinski definition) is 9. The molecule has 12 nitrogen and oxygen atoms in total. The van der Waals surface area contributed by atoms with E-state index >= 15 is 0 Å². The van der Waals surface area contributed by atoms with Crippen LogP contribution in [0.25, 0.3) is 16.9 Å². The smallest absolute Gasteiger partial charge is 0.407 e. The molecule has 3 aromatic rings. The summed E-state index contributed by atoms with van der Waals surface area (Å²) in [5.74, 6) is 0.446. The highest BCUT2D eigenvalue weighted by molar-refractivity contribution is 5.87. The van der Waals surface area contributed by atoms with Crippen LogP contribution in [0.2, 0.25) is 0 Å². The Morgan fingerprint density at radius 3 is 2.58 bits per heavy atom. The van der Waals surface area contributed by atoms with Crippen LogP contribution in [0.5, 0.6) is 5.88 Å².